The van der Waals surface area contributed by atoms with Crippen LogP contribution in [0.5, 0.6) is 0 Å². The summed E-state index contributed by atoms with van der Waals surface area (Å²) >= 11 is 1.89. The van der Waals surface area contributed by atoms with Gasteiger partial charge in [0.2, 0.25) is 0 Å². The SMILES string of the molecule is c1ccc(-c2ccc(N(c3ccc(-c4ccc5c(ccc6ccccc65)c4)cc3)c3cccc4c3sc3c(-c5ccccc5)cc(-c5ccccc5)cc34)cc2)cc1. The van der Waals surface area contributed by atoms with Crippen molar-refractivity contribution in [1.29, 1.82) is 0 Å². The van der Waals surface area contributed by atoms with E-state index in [1.165, 1.54) is 86.2 Å². The van der Waals surface area contributed by atoms with E-state index in [0.29, 0.717) is 0 Å². The molecule has 0 fully saturated rings. The molecule has 11 rings (SSSR count). The number of thiophene rings is 1. The van der Waals surface area contributed by atoms with Crippen molar-refractivity contribution in [3.63, 3.8) is 0 Å². The molecule has 0 atom stereocenters. The van der Waals surface area contributed by atoms with Gasteiger partial charge in [-0.3, -0.25) is 0 Å². The zero-order valence-electron chi connectivity index (χ0n) is 31.7. The lowest BCUT2D eigenvalue weighted by Crippen LogP contribution is -2.10. The molecule has 11 aromatic rings. The van der Waals surface area contributed by atoms with Crippen molar-refractivity contribution >= 4 is 70.1 Å². The Hall–Kier alpha value is -7.26. The molecular formula is C56H37NS. The van der Waals surface area contributed by atoms with Crippen LogP contribution in [-0.2, 0) is 0 Å². The molecule has 0 aliphatic rings. The molecule has 0 saturated heterocycles. The number of rotatable bonds is 7. The highest BCUT2D eigenvalue weighted by Crippen LogP contribution is 2.48. The number of benzene rings is 10. The quantitative estimate of drug-likeness (QED) is 0.146. The van der Waals surface area contributed by atoms with E-state index in [1.54, 1.807) is 0 Å². The summed E-state index contributed by atoms with van der Waals surface area (Å²) in [4.78, 5) is 2.43. The summed E-state index contributed by atoms with van der Waals surface area (Å²) < 4.78 is 2.56. The first-order chi connectivity index (χ1) is 28.7. The summed E-state index contributed by atoms with van der Waals surface area (Å²) in [6.07, 6.45) is 0. The standard InChI is InChI=1S/C56H37NS/c1-4-13-38(14-5-1)40-25-30-47(31-26-40)57(48-32-27-41(28-33-48)44-29-34-50-45(35-44)24-23-43-19-10-11-20-49(43)50)54-22-12-21-51-53-37-46(39-15-6-2-7-16-39)36-52(55(53)58-56(51)54)42-17-8-3-9-18-42/h1-37H. The maximum Gasteiger partial charge on any atom is 0.0640 e. The third kappa shape index (κ3) is 6.03. The number of nitrogens with zero attached hydrogens (tertiary/aromatic N) is 1. The van der Waals surface area contributed by atoms with Crippen LogP contribution in [-0.4, -0.2) is 0 Å². The van der Waals surface area contributed by atoms with E-state index in [2.05, 4.69) is 229 Å². The van der Waals surface area contributed by atoms with Gasteiger partial charge in [0.05, 0.1) is 10.4 Å². The monoisotopic (exact) mass is 755 g/mol. The van der Waals surface area contributed by atoms with Crippen LogP contribution in [0.15, 0.2) is 224 Å². The molecule has 0 saturated carbocycles. The first kappa shape index (κ1) is 34.0. The highest BCUT2D eigenvalue weighted by molar-refractivity contribution is 7.27. The Morgan fingerprint density at radius 3 is 1.48 bits per heavy atom. The number of hydrogen-bond donors (Lipinski definition) is 0. The molecule has 0 bridgehead atoms. The van der Waals surface area contributed by atoms with Crippen LogP contribution < -0.4 is 4.90 Å². The number of fused-ring (bicyclic) bond motifs is 6. The average molecular weight is 756 g/mol. The Bertz CT molecular complexity index is 3240. The van der Waals surface area contributed by atoms with Gasteiger partial charge >= 0.3 is 0 Å². The molecule has 0 N–H and O–H groups in total. The molecule has 10 aromatic carbocycles. The second-order valence-electron chi connectivity index (χ2n) is 14.9. The largest absolute Gasteiger partial charge is 0.309 e. The topological polar surface area (TPSA) is 3.24 Å². The zero-order valence-corrected chi connectivity index (χ0v) is 32.5. The average Bonchev–Trinajstić information content (AvgIpc) is 3.69. The van der Waals surface area contributed by atoms with E-state index in [9.17, 15) is 0 Å². The molecule has 1 aromatic heterocycles. The lowest BCUT2D eigenvalue weighted by atomic mass is 9.96. The van der Waals surface area contributed by atoms with E-state index in [4.69, 9.17) is 0 Å². The molecule has 0 unspecified atom stereocenters. The number of anilines is 3. The highest BCUT2D eigenvalue weighted by atomic mass is 32.1. The summed E-state index contributed by atoms with van der Waals surface area (Å²) in [5.41, 5.74) is 13.1. The lowest BCUT2D eigenvalue weighted by Gasteiger charge is -2.26. The van der Waals surface area contributed by atoms with E-state index in [-0.39, 0.29) is 0 Å². The van der Waals surface area contributed by atoms with Gasteiger partial charge in [0, 0.05) is 32.4 Å². The van der Waals surface area contributed by atoms with Crippen molar-refractivity contribution in [1.82, 2.24) is 0 Å². The molecule has 0 aliphatic carbocycles. The second-order valence-corrected chi connectivity index (χ2v) is 15.9. The van der Waals surface area contributed by atoms with Crippen LogP contribution in [0.1, 0.15) is 0 Å². The Morgan fingerprint density at radius 1 is 0.276 bits per heavy atom. The van der Waals surface area contributed by atoms with Crippen molar-refractivity contribution in [2.24, 2.45) is 0 Å². The summed E-state index contributed by atoms with van der Waals surface area (Å²) in [6, 6.07) is 81.8. The van der Waals surface area contributed by atoms with E-state index in [1.807, 2.05) is 11.3 Å². The smallest absolute Gasteiger partial charge is 0.0640 e. The summed E-state index contributed by atoms with van der Waals surface area (Å²) in [5, 5.41) is 7.64. The second kappa shape index (κ2) is 14.4. The Kier molecular flexibility index (Phi) is 8.42. The van der Waals surface area contributed by atoms with Crippen LogP contribution in [0.3, 0.4) is 0 Å². The first-order valence-corrected chi connectivity index (χ1v) is 20.6. The maximum absolute atomic E-state index is 2.43. The minimum absolute atomic E-state index is 1.11. The van der Waals surface area contributed by atoms with Crippen molar-refractivity contribution in [2.75, 3.05) is 4.90 Å². The maximum atomic E-state index is 2.43. The molecule has 0 amide bonds. The van der Waals surface area contributed by atoms with Gasteiger partial charge in [0.25, 0.3) is 0 Å². The molecule has 1 nitrogen and oxygen atoms in total. The van der Waals surface area contributed by atoms with Gasteiger partial charge in [-0.2, -0.15) is 0 Å². The molecule has 272 valence electrons. The van der Waals surface area contributed by atoms with Gasteiger partial charge in [-0.1, -0.05) is 176 Å². The highest BCUT2D eigenvalue weighted by Gasteiger charge is 2.21. The number of hydrogen-bond acceptors (Lipinski definition) is 2. The zero-order chi connectivity index (χ0) is 38.4. The third-order valence-corrected chi connectivity index (χ3v) is 12.7. The fourth-order valence-electron chi connectivity index (χ4n) is 8.55. The van der Waals surface area contributed by atoms with Crippen LogP contribution in [0, 0.1) is 0 Å². The molecule has 58 heavy (non-hydrogen) atoms. The molecular weight excluding hydrogens is 719 g/mol. The molecule has 1 heterocycles. The van der Waals surface area contributed by atoms with Gasteiger partial charge in [-0.25, -0.2) is 0 Å². The summed E-state index contributed by atoms with van der Waals surface area (Å²) in [7, 11) is 0. The summed E-state index contributed by atoms with van der Waals surface area (Å²) in [5.74, 6) is 0. The molecule has 2 heteroatoms. The van der Waals surface area contributed by atoms with E-state index < -0.39 is 0 Å². The fraction of sp³-hybridized carbons (Fsp3) is 0. The van der Waals surface area contributed by atoms with Crippen LogP contribution in [0.2, 0.25) is 0 Å². The van der Waals surface area contributed by atoms with Crippen molar-refractivity contribution in [3.05, 3.63) is 224 Å². The van der Waals surface area contributed by atoms with Crippen molar-refractivity contribution < 1.29 is 0 Å². The lowest BCUT2D eigenvalue weighted by molar-refractivity contribution is 1.30. The predicted octanol–water partition coefficient (Wildman–Crippen LogP) is 16.5. The van der Waals surface area contributed by atoms with Gasteiger partial charge in [0.15, 0.2) is 0 Å². The van der Waals surface area contributed by atoms with Gasteiger partial charge in [0.1, 0.15) is 0 Å². The van der Waals surface area contributed by atoms with Gasteiger partial charge < -0.3 is 4.90 Å². The Labute approximate surface area is 342 Å². The Morgan fingerprint density at radius 2 is 0.793 bits per heavy atom. The summed E-state index contributed by atoms with van der Waals surface area (Å²) in [6.45, 7) is 0. The molecule has 0 aliphatic heterocycles. The minimum atomic E-state index is 1.11. The van der Waals surface area contributed by atoms with Gasteiger partial charge in [-0.15, -0.1) is 11.3 Å². The van der Waals surface area contributed by atoms with Crippen LogP contribution in [0.25, 0.3) is 86.2 Å². The van der Waals surface area contributed by atoms with E-state index >= 15 is 0 Å². The third-order valence-electron chi connectivity index (χ3n) is 11.4. The predicted molar refractivity (Wildman–Crippen MR) is 251 cm³/mol. The van der Waals surface area contributed by atoms with Crippen LogP contribution >= 0.6 is 11.3 Å². The van der Waals surface area contributed by atoms with Crippen molar-refractivity contribution in [2.45, 2.75) is 0 Å². The first-order valence-electron chi connectivity index (χ1n) is 19.8. The Balaban J connectivity index is 1.07. The fourth-order valence-corrected chi connectivity index (χ4v) is 9.87. The van der Waals surface area contributed by atoms with Gasteiger partial charge in [-0.05, 0) is 109 Å². The molecule has 0 spiro atoms. The van der Waals surface area contributed by atoms with Crippen LogP contribution in [0.4, 0.5) is 17.1 Å². The minimum Gasteiger partial charge on any atom is -0.309 e. The normalized spacial score (nSPS) is 11.4. The van der Waals surface area contributed by atoms with E-state index in [0.717, 1.165) is 17.1 Å². The van der Waals surface area contributed by atoms with Crippen molar-refractivity contribution in [3.8, 4) is 44.5 Å². The molecule has 0 radical (unpaired) electrons.